The molecule has 1 aromatic heterocycles. The first kappa shape index (κ1) is 17.2. The number of carbonyl (C=O) groups is 1. The maximum absolute atomic E-state index is 13.2. The number of nitrogens with one attached hydrogen (secondary N) is 1. The number of fused-ring (bicyclic) bond motifs is 1. The molecule has 2 unspecified atom stereocenters. The fraction of sp³-hybridized carbons (Fsp3) is 0.211. The SMILES string of the molecule is CC1(C(=O)Nc2nncs2)Cc2ccc(O)cc2C1c1ccc(Br)cc1. The fourth-order valence-electron chi connectivity index (χ4n) is 3.73. The number of carbonyl (C=O) groups excluding carboxylic acids is 1. The Morgan fingerprint density at radius 1 is 1.31 bits per heavy atom. The molecule has 4 rings (SSSR count). The number of aromatic nitrogens is 2. The minimum Gasteiger partial charge on any atom is -0.508 e. The molecule has 1 heterocycles. The molecular formula is C19H16BrN3O2S. The molecule has 1 aliphatic rings. The lowest BCUT2D eigenvalue weighted by Gasteiger charge is -2.30. The van der Waals surface area contributed by atoms with E-state index in [1.165, 1.54) is 11.3 Å². The molecule has 0 spiro atoms. The number of hydrogen-bond acceptors (Lipinski definition) is 5. The number of amides is 1. The van der Waals surface area contributed by atoms with Gasteiger partial charge >= 0.3 is 0 Å². The van der Waals surface area contributed by atoms with Gasteiger partial charge in [-0.2, -0.15) is 0 Å². The van der Waals surface area contributed by atoms with Crippen molar-refractivity contribution < 1.29 is 9.90 Å². The Morgan fingerprint density at radius 2 is 2.08 bits per heavy atom. The van der Waals surface area contributed by atoms with E-state index in [1.807, 2.05) is 37.3 Å². The van der Waals surface area contributed by atoms with E-state index in [4.69, 9.17) is 0 Å². The Balaban J connectivity index is 1.79. The van der Waals surface area contributed by atoms with Crippen LogP contribution >= 0.6 is 27.3 Å². The number of halogens is 1. The highest BCUT2D eigenvalue weighted by Gasteiger charge is 2.49. The van der Waals surface area contributed by atoms with Gasteiger partial charge in [0.25, 0.3) is 0 Å². The molecule has 0 radical (unpaired) electrons. The lowest BCUT2D eigenvalue weighted by molar-refractivity contribution is -0.125. The van der Waals surface area contributed by atoms with Crippen LogP contribution in [-0.4, -0.2) is 21.2 Å². The van der Waals surface area contributed by atoms with Gasteiger partial charge in [-0.3, -0.25) is 4.79 Å². The molecule has 26 heavy (non-hydrogen) atoms. The van der Waals surface area contributed by atoms with Gasteiger partial charge in [0.2, 0.25) is 11.0 Å². The first-order valence-electron chi connectivity index (χ1n) is 8.12. The Morgan fingerprint density at radius 3 is 2.77 bits per heavy atom. The summed E-state index contributed by atoms with van der Waals surface area (Å²) in [5, 5.41) is 21.1. The van der Waals surface area contributed by atoms with Crippen molar-refractivity contribution in [2.45, 2.75) is 19.3 Å². The van der Waals surface area contributed by atoms with Gasteiger partial charge in [-0.05, 0) is 54.3 Å². The molecule has 7 heteroatoms. The average molecular weight is 430 g/mol. The summed E-state index contributed by atoms with van der Waals surface area (Å²) in [7, 11) is 0. The Labute approximate surface area is 163 Å². The van der Waals surface area contributed by atoms with Crippen LogP contribution < -0.4 is 5.32 Å². The number of benzene rings is 2. The molecule has 132 valence electrons. The van der Waals surface area contributed by atoms with Crippen molar-refractivity contribution in [2.75, 3.05) is 5.32 Å². The second-order valence-electron chi connectivity index (χ2n) is 6.66. The molecule has 3 aromatic rings. The third-order valence-corrected chi connectivity index (χ3v) is 6.07. The number of phenolic OH excluding ortho intramolecular Hbond substituents is 1. The van der Waals surface area contributed by atoms with Gasteiger partial charge < -0.3 is 10.4 Å². The predicted molar refractivity (Wildman–Crippen MR) is 104 cm³/mol. The summed E-state index contributed by atoms with van der Waals surface area (Å²) in [6.45, 7) is 1.97. The Hall–Kier alpha value is -2.25. The van der Waals surface area contributed by atoms with Crippen LogP contribution in [0.25, 0.3) is 0 Å². The molecule has 2 aromatic carbocycles. The van der Waals surface area contributed by atoms with E-state index in [2.05, 4.69) is 31.4 Å². The summed E-state index contributed by atoms with van der Waals surface area (Å²) >= 11 is 4.76. The van der Waals surface area contributed by atoms with E-state index < -0.39 is 5.41 Å². The van der Waals surface area contributed by atoms with Crippen LogP contribution in [0.5, 0.6) is 5.75 Å². The van der Waals surface area contributed by atoms with Gasteiger partial charge in [0.05, 0.1) is 5.41 Å². The van der Waals surface area contributed by atoms with Gasteiger partial charge in [0.15, 0.2) is 0 Å². The van der Waals surface area contributed by atoms with Crippen LogP contribution in [0, 0.1) is 5.41 Å². The second-order valence-corrected chi connectivity index (χ2v) is 8.41. The zero-order valence-electron chi connectivity index (χ0n) is 13.9. The third-order valence-electron chi connectivity index (χ3n) is 4.94. The summed E-state index contributed by atoms with van der Waals surface area (Å²) < 4.78 is 0.982. The van der Waals surface area contributed by atoms with E-state index in [0.717, 1.165) is 21.2 Å². The van der Waals surface area contributed by atoms with Crippen molar-refractivity contribution in [3.8, 4) is 5.75 Å². The van der Waals surface area contributed by atoms with Crippen molar-refractivity contribution >= 4 is 38.3 Å². The normalized spacial score (nSPS) is 21.4. The summed E-state index contributed by atoms with van der Waals surface area (Å²) in [6.07, 6.45) is 0.591. The van der Waals surface area contributed by atoms with Gasteiger partial charge in [0.1, 0.15) is 11.3 Å². The number of anilines is 1. The molecule has 0 saturated carbocycles. The van der Waals surface area contributed by atoms with Crippen molar-refractivity contribution in [3.05, 3.63) is 69.1 Å². The number of hydrogen-bond donors (Lipinski definition) is 2. The lowest BCUT2D eigenvalue weighted by Crippen LogP contribution is -2.37. The van der Waals surface area contributed by atoms with Crippen LogP contribution in [-0.2, 0) is 11.2 Å². The Bertz CT molecular complexity index is 959. The predicted octanol–water partition coefficient (Wildman–Crippen LogP) is 4.34. The van der Waals surface area contributed by atoms with Crippen LogP contribution in [0.2, 0.25) is 0 Å². The maximum Gasteiger partial charge on any atom is 0.233 e. The summed E-state index contributed by atoms with van der Waals surface area (Å²) in [5.74, 6) is -0.0527. The van der Waals surface area contributed by atoms with Crippen LogP contribution in [0.3, 0.4) is 0 Å². The number of phenols is 1. The highest BCUT2D eigenvalue weighted by molar-refractivity contribution is 9.10. The van der Waals surface area contributed by atoms with Crippen LogP contribution in [0.1, 0.15) is 29.5 Å². The molecule has 2 atom stereocenters. The quantitative estimate of drug-likeness (QED) is 0.649. The van der Waals surface area contributed by atoms with E-state index in [1.54, 1.807) is 17.6 Å². The van der Waals surface area contributed by atoms with Gasteiger partial charge in [-0.1, -0.05) is 45.5 Å². The second kappa shape index (κ2) is 6.48. The van der Waals surface area contributed by atoms with E-state index in [-0.39, 0.29) is 17.6 Å². The highest BCUT2D eigenvalue weighted by atomic mass is 79.9. The standard InChI is InChI=1S/C19H16BrN3O2S/c1-19(17(25)22-18-23-21-10-26-18)9-12-4-7-14(24)8-15(12)16(19)11-2-5-13(20)6-3-11/h2-8,10,16,24H,9H2,1H3,(H,22,23,25). The molecule has 2 N–H and O–H groups in total. The van der Waals surface area contributed by atoms with E-state index >= 15 is 0 Å². The molecule has 5 nitrogen and oxygen atoms in total. The number of nitrogens with zero attached hydrogens (tertiary/aromatic N) is 2. The first-order chi connectivity index (χ1) is 12.5. The average Bonchev–Trinajstić information content (AvgIpc) is 3.22. The van der Waals surface area contributed by atoms with Gasteiger partial charge in [-0.25, -0.2) is 0 Å². The smallest absolute Gasteiger partial charge is 0.233 e. The molecular weight excluding hydrogens is 414 g/mol. The van der Waals surface area contributed by atoms with Crippen molar-refractivity contribution in [1.82, 2.24) is 10.2 Å². The van der Waals surface area contributed by atoms with Gasteiger partial charge in [0, 0.05) is 10.4 Å². The van der Waals surface area contributed by atoms with Crippen LogP contribution in [0.15, 0.2) is 52.4 Å². The lowest BCUT2D eigenvalue weighted by atomic mass is 9.73. The molecule has 0 bridgehead atoms. The van der Waals surface area contributed by atoms with E-state index in [9.17, 15) is 9.90 Å². The first-order valence-corrected chi connectivity index (χ1v) is 9.79. The van der Waals surface area contributed by atoms with Crippen molar-refractivity contribution in [1.29, 1.82) is 0 Å². The minimum absolute atomic E-state index is 0.0992. The highest BCUT2D eigenvalue weighted by Crippen LogP contribution is 2.52. The van der Waals surface area contributed by atoms with Crippen LogP contribution in [0.4, 0.5) is 5.13 Å². The fourth-order valence-corrected chi connectivity index (χ4v) is 4.44. The van der Waals surface area contributed by atoms with E-state index in [0.29, 0.717) is 11.6 Å². The summed E-state index contributed by atoms with van der Waals surface area (Å²) in [5.41, 5.74) is 3.99. The number of aromatic hydroxyl groups is 1. The van der Waals surface area contributed by atoms with Crippen molar-refractivity contribution in [3.63, 3.8) is 0 Å². The maximum atomic E-state index is 13.2. The topological polar surface area (TPSA) is 75.1 Å². The summed E-state index contributed by atoms with van der Waals surface area (Å²) in [4.78, 5) is 13.2. The van der Waals surface area contributed by atoms with Gasteiger partial charge in [-0.15, -0.1) is 10.2 Å². The molecule has 1 aliphatic carbocycles. The Kier molecular flexibility index (Phi) is 4.28. The molecule has 1 amide bonds. The zero-order chi connectivity index (χ0) is 18.3. The number of rotatable bonds is 3. The minimum atomic E-state index is -0.699. The monoisotopic (exact) mass is 429 g/mol. The molecule has 0 fully saturated rings. The molecule has 0 aliphatic heterocycles. The third kappa shape index (κ3) is 2.91. The summed E-state index contributed by atoms with van der Waals surface area (Å²) in [6, 6.07) is 13.3. The zero-order valence-corrected chi connectivity index (χ0v) is 16.3. The largest absolute Gasteiger partial charge is 0.508 e. The van der Waals surface area contributed by atoms with Crippen molar-refractivity contribution in [2.24, 2.45) is 5.41 Å². The molecule has 0 saturated heterocycles.